The number of nitrogens with zero attached hydrogens (tertiary/aromatic N) is 4. The Balaban J connectivity index is 1.38. The van der Waals surface area contributed by atoms with Gasteiger partial charge in [-0.2, -0.15) is 0 Å². The largest absolute Gasteiger partial charge is 0.385 e. The molecule has 2 saturated heterocycles. The smallest absolute Gasteiger partial charge is 0.227 e. The van der Waals surface area contributed by atoms with Crippen LogP contribution in [0.3, 0.4) is 0 Å². The summed E-state index contributed by atoms with van der Waals surface area (Å²) in [6.45, 7) is 2.66. The highest BCUT2D eigenvalue weighted by atomic mass is 35.5. The number of halogens is 1. The second-order valence-corrected chi connectivity index (χ2v) is 8.13. The molecule has 1 aromatic heterocycles. The van der Waals surface area contributed by atoms with Gasteiger partial charge in [0.25, 0.3) is 0 Å². The Bertz CT molecular complexity index is 807. The summed E-state index contributed by atoms with van der Waals surface area (Å²) in [5, 5.41) is 11.7. The Kier molecular flexibility index (Phi) is 5.51. The van der Waals surface area contributed by atoms with E-state index in [2.05, 4.69) is 14.9 Å². The van der Waals surface area contributed by atoms with Crippen LogP contribution in [0.5, 0.6) is 0 Å². The fraction of sp³-hybridized carbons (Fsp3) is 0.476. The van der Waals surface area contributed by atoms with Gasteiger partial charge in [-0.05, 0) is 49.4 Å². The van der Waals surface area contributed by atoms with Crippen LogP contribution in [0.15, 0.2) is 42.7 Å². The van der Waals surface area contributed by atoms with Crippen LogP contribution in [0.4, 0.5) is 5.95 Å². The normalized spacial score (nSPS) is 22.1. The van der Waals surface area contributed by atoms with Crippen molar-refractivity contribution >= 4 is 23.5 Å². The average molecular weight is 401 g/mol. The van der Waals surface area contributed by atoms with Crippen molar-refractivity contribution in [1.29, 1.82) is 0 Å². The zero-order valence-corrected chi connectivity index (χ0v) is 16.6. The third kappa shape index (κ3) is 3.98. The first-order valence-electron chi connectivity index (χ1n) is 9.84. The van der Waals surface area contributed by atoms with Gasteiger partial charge in [-0.25, -0.2) is 9.97 Å². The first-order valence-corrected chi connectivity index (χ1v) is 10.2. The maximum Gasteiger partial charge on any atom is 0.227 e. The van der Waals surface area contributed by atoms with Gasteiger partial charge in [0.05, 0.1) is 11.5 Å². The Morgan fingerprint density at radius 3 is 2.46 bits per heavy atom. The van der Waals surface area contributed by atoms with Crippen molar-refractivity contribution in [2.45, 2.75) is 31.3 Å². The highest BCUT2D eigenvalue weighted by molar-refractivity contribution is 6.30. The number of benzene rings is 1. The molecule has 2 aromatic rings. The van der Waals surface area contributed by atoms with Gasteiger partial charge >= 0.3 is 0 Å². The van der Waals surface area contributed by atoms with Gasteiger partial charge in [0.15, 0.2) is 0 Å². The van der Waals surface area contributed by atoms with Crippen LogP contribution in [0.25, 0.3) is 0 Å². The molecular formula is C21H25ClN4O2. The van der Waals surface area contributed by atoms with Crippen LogP contribution < -0.4 is 4.90 Å². The van der Waals surface area contributed by atoms with E-state index in [4.69, 9.17) is 11.6 Å². The lowest BCUT2D eigenvalue weighted by Gasteiger charge is -2.41. The fourth-order valence-corrected chi connectivity index (χ4v) is 4.34. The molecule has 1 N–H and O–H groups in total. The highest BCUT2D eigenvalue weighted by Crippen LogP contribution is 2.34. The summed E-state index contributed by atoms with van der Waals surface area (Å²) >= 11 is 5.96. The van der Waals surface area contributed by atoms with Crippen LogP contribution in [0.2, 0.25) is 5.02 Å². The second kappa shape index (κ2) is 8.05. The van der Waals surface area contributed by atoms with Crippen molar-refractivity contribution in [2.24, 2.45) is 5.92 Å². The molecule has 0 aliphatic carbocycles. The first-order chi connectivity index (χ1) is 13.5. The molecule has 148 valence electrons. The minimum atomic E-state index is -0.891. The zero-order valence-electron chi connectivity index (χ0n) is 15.8. The summed E-state index contributed by atoms with van der Waals surface area (Å²) in [5.74, 6) is 0.828. The number of carbonyl (C=O) groups excluding carboxylic acids is 1. The van der Waals surface area contributed by atoms with Crippen molar-refractivity contribution < 1.29 is 9.90 Å². The van der Waals surface area contributed by atoms with Gasteiger partial charge in [0.1, 0.15) is 0 Å². The summed E-state index contributed by atoms with van der Waals surface area (Å²) in [7, 11) is 0. The number of carbonyl (C=O) groups is 1. The molecular weight excluding hydrogens is 376 g/mol. The monoisotopic (exact) mass is 400 g/mol. The molecule has 28 heavy (non-hydrogen) atoms. The molecule has 2 fully saturated rings. The van der Waals surface area contributed by atoms with Crippen LogP contribution in [0, 0.1) is 5.92 Å². The van der Waals surface area contributed by atoms with Crippen molar-refractivity contribution in [3.05, 3.63) is 53.3 Å². The molecule has 0 unspecified atom stereocenters. The topological polar surface area (TPSA) is 69.6 Å². The van der Waals surface area contributed by atoms with Gasteiger partial charge in [-0.15, -0.1) is 0 Å². The number of anilines is 1. The highest BCUT2D eigenvalue weighted by Gasteiger charge is 2.38. The molecule has 0 spiro atoms. The predicted molar refractivity (Wildman–Crippen MR) is 108 cm³/mol. The lowest BCUT2D eigenvalue weighted by molar-refractivity contribution is -0.140. The van der Waals surface area contributed by atoms with Gasteiger partial charge in [0, 0.05) is 43.6 Å². The molecule has 1 amide bonds. The first kappa shape index (κ1) is 19.2. The Labute approximate surface area is 170 Å². The number of aromatic nitrogens is 2. The van der Waals surface area contributed by atoms with E-state index in [0.29, 0.717) is 43.4 Å². The predicted octanol–water partition coefficient (Wildman–Crippen LogP) is 2.86. The maximum atomic E-state index is 13.1. The lowest BCUT2D eigenvalue weighted by atomic mass is 9.84. The van der Waals surface area contributed by atoms with E-state index in [1.54, 1.807) is 30.6 Å². The molecule has 7 heteroatoms. The second-order valence-electron chi connectivity index (χ2n) is 7.70. The van der Waals surface area contributed by atoms with Gasteiger partial charge in [0.2, 0.25) is 11.9 Å². The molecule has 1 aromatic carbocycles. The number of aliphatic hydroxyl groups is 1. The quantitative estimate of drug-likeness (QED) is 0.857. The van der Waals surface area contributed by atoms with E-state index >= 15 is 0 Å². The summed E-state index contributed by atoms with van der Waals surface area (Å²) in [5.41, 5.74) is -0.0215. The molecule has 4 rings (SSSR count). The van der Waals surface area contributed by atoms with Gasteiger partial charge < -0.3 is 14.9 Å². The van der Waals surface area contributed by atoms with E-state index in [-0.39, 0.29) is 11.8 Å². The number of hydrogen-bond acceptors (Lipinski definition) is 5. The fourth-order valence-electron chi connectivity index (χ4n) is 4.22. The third-order valence-electron chi connectivity index (χ3n) is 5.89. The molecule has 3 heterocycles. The van der Waals surface area contributed by atoms with Crippen LogP contribution in [0.1, 0.15) is 31.2 Å². The van der Waals surface area contributed by atoms with Crippen molar-refractivity contribution in [1.82, 2.24) is 14.9 Å². The SMILES string of the molecule is O=C([C@@H]1CCCN(c2ncccn2)C1)N1CCC(O)(c2ccc(Cl)cc2)CC1. The molecule has 0 bridgehead atoms. The standard InChI is InChI=1S/C21H25ClN4O2/c22-18-6-4-17(5-7-18)21(28)8-13-25(14-9-21)19(27)16-3-1-12-26(15-16)20-23-10-2-11-24-20/h2,4-7,10-11,16,28H,1,3,8-9,12-15H2/t16-/m1/s1. The number of rotatable bonds is 3. The minimum Gasteiger partial charge on any atom is -0.385 e. The summed E-state index contributed by atoms with van der Waals surface area (Å²) in [6, 6.07) is 9.15. The molecule has 0 saturated carbocycles. The Morgan fingerprint density at radius 1 is 1.11 bits per heavy atom. The van der Waals surface area contributed by atoms with Crippen LogP contribution >= 0.6 is 11.6 Å². The van der Waals surface area contributed by atoms with Crippen molar-refractivity contribution in [3.63, 3.8) is 0 Å². The lowest BCUT2D eigenvalue weighted by Crippen LogP contribution is -2.50. The molecule has 1 atom stereocenters. The molecule has 2 aliphatic heterocycles. The summed E-state index contributed by atoms with van der Waals surface area (Å²) < 4.78 is 0. The Morgan fingerprint density at radius 2 is 1.79 bits per heavy atom. The molecule has 0 radical (unpaired) electrons. The number of amides is 1. The van der Waals surface area contributed by atoms with Crippen molar-refractivity contribution in [2.75, 3.05) is 31.1 Å². The van der Waals surface area contributed by atoms with E-state index in [1.165, 1.54) is 0 Å². The summed E-state index contributed by atoms with van der Waals surface area (Å²) in [6.07, 6.45) is 6.39. The van der Waals surface area contributed by atoms with E-state index in [1.807, 2.05) is 17.0 Å². The van der Waals surface area contributed by atoms with E-state index < -0.39 is 5.60 Å². The van der Waals surface area contributed by atoms with Crippen LogP contribution in [-0.2, 0) is 10.4 Å². The number of hydrogen-bond donors (Lipinski definition) is 1. The molecule has 6 nitrogen and oxygen atoms in total. The van der Waals surface area contributed by atoms with Gasteiger partial charge in [-0.3, -0.25) is 4.79 Å². The van der Waals surface area contributed by atoms with E-state index in [9.17, 15) is 9.90 Å². The minimum absolute atomic E-state index is 0.0423. The van der Waals surface area contributed by atoms with Crippen LogP contribution in [-0.4, -0.2) is 52.1 Å². The number of likely N-dealkylation sites (tertiary alicyclic amines) is 1. The summed E-state index contributed by atoms with van der Waals surface area (Å²) in [4.78, 5) is 25.7. The third-order valence-corrected chi connectivity index (χ3v) is 6.14. The average Bonchev–Trinajstić information content (AvgIpc) is 2.75. The zero-order chi connectivity index (χ0) is 19.6. The van der Waals surface area contributed by atoms with Crippen molar-refractivity contribution in [3.8, 4) is 0 Å². The van der Waals surface area contributed by atoms with E-state index in [0.717, 1.165) is 24.9 Å². The molecule has 2 aliphatic rings. The Hall–Kier alpha value is -2.18. The number of piperidine rings is 2. The maximum absolute atomic E-state index is 13.1. The van der Waals surface area contributed by atoms with Gasteiger partial charge in [-0.1, -0.05) is 23.7 Å².